The molecule has 2 aliphatic heterocycles. The summed E-state index contributed by atoms with van der Waals surface area (Å²) in [5.41, 5.74) is 10.4. The first-order chi connectivity index (χ1) is 20.8. The zero-order chi connectivity index (χ0) is 30.3. The molecule has 2 fully saturated rings. The zero-order valence-corrected chi connectivity index (χ0v) is 26.3. The molecule has 6 nitrogen and oxygen atoms in total. The van der Waals surface area contributed by atoms with Gasteiger partial charge in [0.1, 0.15) is 11.6 Å². The largest absolute Gasteiger partial charge is 0.493 e. The number of ether oxygens (including phenoxy) is 1. The van der Waals surface area contributed by atoms with E-state index >= 15 is 0 Å². The van der Waals surface area contributed by atoms with Gasteiger partial charge in [-0.1, -0.05) is 53.5 Å². The van der Waals surface area contributed by atoms with Gasteiger partial charge in [0.15, 0.2) is 0 Å². The molecular formula is C34H41Cl2FN4O2. The van der Waals surface area contributed by atoms with E-state index < -0.39 is 6.04 Å². The first-order valence-corrected chi connectivity index (χ1v) is 16.0. The lowest BCUT2D eigenvalue weighted by molar-refractivity contribution is -0.136. The van der Waals surface area contributed by atoms with Crippen molar-refractivity contribution in [2.24, 2.45) is 11.7 Å². The van der Waals surface area contributed by atoms with Crippen LogP contribution in [0.5, 0.6) is 5.75 Å². The second-order valence-electron chi connectivity index (χ2n) is 11.5. The minimum Gasteiger partial charge on any atom is -0.493 e. The van der Waals surface area contributed by atoms with Gasteiger partial charge < -0.3 is 20.3 Å². The molecule has 3 aromatic rings. The first-order valence-electron chi connectivity index (χ1n) is 15.3. The molecule has 5 rings (SSSR count). The normalized spacial score (nSPS) is 17.7. The fourth-order valence-electron chi connectivity index (χ4n) is 6.26. The van der Waals surface area contributed by atoms with Crippen molar-refractivity contribution in [3.05, 3.63) is 87.7 Å². The van der Waals surface area contributed by atoms with E-state index in [2.05, 4.69) is 28.0 Å². The molecule has 3 aromatic carbocycles. The van der Waals surface area contributed by atoms with Crippen LogP contribution in [-0.4, -0.2) is 79.1 Å². The number of rotatable bonds is 10. The number of nitrogens with zero attached hydrogens (tertiary/aromatic N) is 3. The molecular weight excluding hydrogens is 586 g/mol. The van der Waals surface area contributed by atoms with Crippen molar-refractivity contribution in [3.8, 4) is 16.9 Å². The summed E-state index contributed by atoms with van der Waals surface area (Å²) >= 11 is 12.8. The summed E-state index contributed by atoms with van der Waals surface area (Å²) in [6.07, 6.45) is 2.71. The molecule has 2 heterocycles. The molecule has 0 aromatic heterocycles. The van der Waals surface area contributed by atoms with E-state index in [0.29, 0.717) is 60.7 Å². The smallest absolute Gasteiger partial charge is 0.239 e. The van der Waals surface area contributed by atoms with Gasteiger partial charge in [-0.3, -0.25) is 9.69 Å². The maximum absolute atomic E-state index is 14.5. The topological polar surface area (TPSA) is 62.0 Å². The quantitative estimate of drug-likeness (QED) is 0.294. The minimum atomic E-state index is -0.490. The number of likely N-dealkylation sites (tertiary alicyclic amines) is 1. The SMILES string of the molecule is CCOc1cccc(F)c1CN1CCN(C(=O)[C@H](N)C2CCN(CCc3ccccc3-c3cc(Cl)ccc3Cl)CC2)CC1. The highest BCUT2D eigenvalue weighted by molar-refractivity contribution is 6.35. The number of nitrogens with two attached hydrogens (primary N) is 1. The summed E-state index contributed by atoms with van der Waals surface area (Å²) in [5, 5.41) is 1.36. The van der Waals surface area contributed by atoms with Gasteiger partial charge in [0.25, 0.3) is 0 Å². The lowest BCUT2D eigenvalue weighted by atomic mass is 9.88. The minimum absolute atomic E-state index is 0.0336. The van der Waals surface area contributed by atoms with Crippen LogP contribution in [0.25, 0.3) is 11.1 Å². The molecule has 2 aliphatic rings. The van der Waals surface area contributed by atoms with Gasteiger partial charge in [-0.2, -0.15) is 0 Å². The molecule has 0 unspecified atom stereocenters. The first kappa shape index (κ1) is 31.7. The molecule has 9 heteroatoms. The number of carbonyl (C=O) groups excluding carboxylic acids is 1. The highest BCUT2D eigenvalue weighted by atomic mass is 35.5. The summed E-state index contributed by atoms with van der Waals surface area (Å²) in [6.45, 7) is 8.17. The summed E-state index contributed by atoms with van der Waals surface area (Å²) in [7, 11) is 0. The Morgan fingerprint density at radius 1 is 0.953 bits per heavy atom. The number of carbonyl (C=O) groups is 1. The van der Waals surface area contributed by atoms with Crippen molar-refractivity contribution < 1.29 is 13.9 Å². The van der Waals surface area contributed by atoms with Crippen molar-refractivity contribution in [2.75, 3.05) is 52.4 Å². The van der Waals surface area contributed by atoms with Gasteiger partial charge >= 0.3 is 0 Å². The number of piperazine rings is 1. The third-order valence-corrected chi connectivity index (χ3v) is 9.36. The van der Waals surface area contributed by atoms with Gasteiger partial charge in [0.05, 0.1) is 12.6 Å². The average molecular weight is 628 g/mol. The van der Waals surface area contributed by atoms with Crippen molar-refractivity contribution in [1.82, 2.24) is 14.7 Å². The van der Waals surface area contributed by atoms with E-state index in [1.165, 1.54) is 11.6 Å². The van der Waals surface area contributed by atoms with E-state index in [1.54, 1.807) is 6.07 Å². The Kier molecular flexibility index (Phi) is 11.0. The maximum Gasteiger partial charge on any atom is 0.239 e. The second kappa shape index (κ2) is 14.9. The van der Waals surface area contributed by atoms with Crippen LogP contribution in [0.3, 0.4) is 0 Å². The third kappa shape index (κ3) is 7.89. The van der Waals surface area contributed by atoms with Crippen molar-refractivity contribution >= 4 is 29.1 Å². The monoisotopic (exact) mass is 626 g/mol. The summed E-state index contributed by atoms with van der Waals surface area (Å²) in [4.78, 5) is 19.9. The molecule has 1 atom stereocenters. The highest BCUT2D eigenvalue weighted by Gasteiger charge is 2.33. The molecule has 0 spiro atoms. The molecule has 0 aliphatic carbocycles. The van der Waals surface area contributed by atoms with Gasteiger partial charge in [-0.15, -0.1) is 0 Å². The molecule has 0 saturated carbocycles. The van der Waals surface area contributed by atoms with E-state index in [1.807, 2.05) is 42.2 Å². The van der Waals surface area contributed by atoms with Crippen LogP contribution in [0.2, 0.25) is 10.0 Å². The number of hydrogen-bond acceptors (Lipinski definition) is 5. The zero-order valence-electron chi connectivity index (χ0n) is 24.8. The number of piperidine rings is 1. The van der Waals surface area contributed by atoms with Crippen LogP contribution in [0.15, 0.2) is 60.7 Å². The predicted molar refractivity (Wildman–Crippen MR) is 172 cm³/mol. The van der Waals surface area contributed by atoms with E-state index in [0.717, 1.165) is 50.0 Å². The number of benzene rings is 3. The molecule has 43 heavy (non-hydrogen) atoms. The van der Waals surface area contributed by atoms with Crippen LogP contribution in [0.4, 0.5) is 4.39 Å². The van der Waals surface area contributed by atoms with Crippen molar-refractivity contribution in [1.29, 1.82) is 0 Å². The van der Waals surface area contributed by atoms with Crippen LogP contribution in [0, 0.1) is 11.7 Å². The molecule has 2 N–H and O–H groups in total. The Hall–Kier alpha value is -2.68. The van der Waals surface area contributed by atoms with E-state index in [-0.39, 0.29) is 17.6 Å². The lowest BCUT2D eigenvalue weighted by Gasteiger charge is -2.39. The number of halogens is 3. The molecule has 2 saturated heterocycles. The Labute approximate surface area is 264 Å². The standard InChI is InChI=1S/C34H41Cl2FN4O2/c1-2-43-32-9-5-8-31(37)29(32)23-40-18-20-41(21-19-40)34(42)33(38)25-13-16-39(17-14-25)15-12-24-6-3-4-7-27(24)28-22-26(35)10-11-30(28)36/h3-11,22,25,33H,2,12-21,23,38H2,1H3/t33-/m1/s1. The van der Waals surface area contributed by atoms with Crippen LogP contribution in [-0.2, 0) is 17.8 Å². The Morgan fingerprint density at radius 2 is 1.70 bits per heavy atom. The molecule has 230 valence electrons. The lowest BCUT2D eigenvalue weighted by Crippen LogP contribution is -2.55. The van der Waals surface area contributed by atoms with Crippen LogP contribution in [0.1, 0.15) is 30.9 Å². The molecule has 1 amide bonds. The van der Waals surface area contributed by atoms with Crippen LogP contribution < -0.4 is 10.5 Å². The highest BCUT2D eigenvalue weighted by Crippen LogP contribution is 2.33. The fraction of sp³-hybridized carbons (Fsp3) is 0.441. The van der Waals surface area contributed by atoms with Crippen molar-refractivity contribution in [2.45, 2.75) is 38.8 Å². The Morgan fingerprint density at radius 3 is 2.44 bits per heavy atom. The van der Waals surface area contributed by atoms with E-state index in [9.17, 15) is 9.18 Å². The van der Waals surface area contributed by atoms with E-state index in [4.69, 9.17) is 33.7 Å². The van der Waals surface area contributed by atoms with Gasteiger partial charge in [-0.25, -0.2) is 4.39 Å². The molecule has 0 bridgehead atoms. The third-order valence-electron chi connectivity index (χ3n) is 8.80. The van der Waals surface area contributed by atoms with Crippen LogP contribution >= 0.6 is 23.2 Å². The average Bonchev–Trinajstić information content (AvgIpc) is 3.03. The second-order valence-corrected chi connectivity index (χ2v) is 12.3. The number of amides is 1. The fourth-order valence-corrected chi connectivity index (χ4v) is 6.66. The van der Waals surface area contributed by atoms with Gasteiger partial charge in [0.2, 0.25) is 5.91 Å². The maximum atomic E-state index is 14.5. The predicted octanol–water partition coefficient (Wildman–Crippen LogP) is 6.12. The van der Waals surface area contributed by atoms with Crippen molar-refractivity contribution in [3.63, 3.8) is 0 Å². The Balaban J connectivity index is 1.09. The summed E-state index contributed by atoms with van der Waals surface area (Å²) in [5.74, 6) is 0.537. The van der Waals surface area contributed by atoms with Gasteiger partial charge in [0, 0.05) is 60.4 Å². The summed E-state index contributed by atoms with van der Waals surface area (Å²) < 4.78 is 20.2. The number of hydrogen-bond donors (Lipinski definition) is 1. The Bertz CT molecular complexity index is 1390. The van der Waals surface area contributed by atoms with Gasteiger partial charge in [-0.05, 0) is 86.7 Å². The summed E-state index contributed by atoms with van der Waals surface area (Å²) in [6, 6.07) is 18.4. The molecule has 0 radical (unpaired) electrons.